The highest BCUT2D eigenvalue weighted by atomic mass is 35.5. The number of rotatable bonds is 4. The number of phenolic OH excluding ortho intramolecular Hbond substituents is 3. The predicted molar refractivity (Wildman–Crippen MR) is 84.7 cm³/mol. The number of ketones is 1. The Morgan fingerprint density at radius 1 is 1.05 bits per heavy atom. The largest absolute Gasteiger partial charge is 0.507 e. The maximum Gasteiger partial charge on any atom is 0.184 e. The van der Waals surface area contributed by atoms with Gasteiger partial charge < -0.3 is 15.3 Å². The number of nitrogens with zero attached hydrogens (tertiary/aromatic N) is 1. The van der Waals surface area contributed by atoms with E-state index in [4.69, 9.17) is 23.2 Å². The van der Waals surface area contributed by atoms with E-state index in [1.165, 1.54) is 30.5 Å². The number of Topliss-reactive ketones (excluding diaryl/α,β-unsaturated/α-hetero) is 1. The zero-order valence-electron chi connectivity index (χ0n) is 11.1. The first-order valence-electron chi connectivity index (χ1n) is 6.11. The lowest BCUT2D eigenvalue weighted by atomic mass is 10.1. The molecule has 114 valence electrons. The molecule has 2 aromatic rings. The molecular weight excluding hydrogens is 329 g/mol. The zero-order chi connectivity index (χ0) is 16.3. The molecule has 5 nitrogen and oxygen atoms in total. The van der Waals surface area contributed by atoms with Crippen molar-refractivity contribution >= 4 is 35.2 Å². The lowest BCUT2D eigenvalue weighted by Crippen LogP contribution is -2.03. The molecule has 0 atom stereocenters. The van der Waals surface area contributed by atoms with Gasteiger partial charge in [-0.05, 0) is 30.3 Å². The SMILES string of the molecule is O=C(CN=Cc1c(O)cc(Cl)cc1Cl)c1ccc(O)c(O)c1. The lowest BCUT2D eigenvalue weighted by molar-refractivity contribution is 0.100. The topological polar surface area (TPSA) is 90.1 Å². The fraction of sp³-hybridized carbons (Fsp3) is 0.0667. The van der Waals surface area contributed by atoms with Crippen LogP contribution in [-0.2, 0) is 0 Å². The van der Waals surface area contributed by atoms with E-state index in [-0.39, 0.29) is 50.7 Å². The van der Waals surface area contributed by atoms with Crippen LogP contribution in [-0.4, -0.2) is 33.9 Å². The van der Waals surface area contributed by atoms with Gasteiger partial charge in [0.15, 0.2) is 17.3 Å². The fourth-order valence-corrected chi connectivity index (χ4v) is 2.24. The summed E-state index contributed by atoms with van der Waals surface area (Å²) in [6.45, 7) is -0.206. The predicted octanol–water partition coefficient (Wildman–Crippen LogP) is 3.41. The summed E-state index contributed by atoms with van der Waals surface area (Å²) < 4.78 is 0. The minimum atomic E-state index is -0.381. The van der Waals surface area contributed by atoms with Gasteiger partial charge in [-0.3, -0.25) is 9.79 Å². The zero-order valence-corrected chi connectivity index (χ0v) is 12.6. The van der Waals surface area contributed by atoms with Gasteiger partial charge in [-0.25, -0.2) is 0 Å². The summed E-state index contributed by atoms with van der Waals surface area (Å²) >= 11 is 11.7. The molecule has 0 heterocycles. The Balaban J connectivity index is 2.12. The normalized spacial score (nSPS) is 11.0. The Bertz CT molecular complexity index is 736. The molecule has 0 saturated carbocycles. The number of hydrogen-bond acceptors (Lipinski definition) is 5. The van der Waals surface area contributed by atoms with Gasteiger partial charge in [-0.15, -0.1) is 0 Å². The van der Waals surface area contributed by atoms with Crippen molar-refractivity contribution in [3.05, 3.63) is 51.5 Å². The van der Waals surface area contributed by atoms with Gasteiger partial charge in [0.25, 0.3) is 0 Å². The van der Waals surface area contributed by atoms with Crippen LogP contribution >= 0.6 is 23.2 Å². The molecule has 0 radical (unpaired) electrons. The molecule has 0 spiro atoms. The molecule has 2 aromatic carbocycles. The maximum atomic E-state index is 11.9. The van der Waals surface area contributed by atoms with E-state index in [0.717, 1.165) is 6.07 Å². The third-order valence-electron chi connectivity index (χ3n) is 2.83. The molecule has 22 heavy (non-hydrogen) atoms. The Morgan fingerprint density at radius 3 is 2.41 bits per heavy atom. The van der Waals surface area contributed by atoms with E-state index >= 15 is 0 Å². The Hall–Kier alpha value is -2.24. The van der Waals surface area contributed by atoms with Crippen molar-refractivity contribution in [2.75, 3.05) is 6.54 Å². The number of aliphatic imine (C=N–C) groups is 1. The van der Waals surface area contributed by atoms with E-state index in [1.54, 1.807) is 0 Å². The van der Waals surface area contributed by atoms with Crippen molar-refractivity contribution in [1.29, 1.82) is 0 Å². The van der Waals surface area contributed by atoms with Crippen molar-refractivity contribution in [1.82, 2.24) is 0 Å². The Labute approximate surface area is 136 Å². The Morgan fingerprint density at radius 2 is 1.77 bits per heavy atom. The second kappa shape index (κ2) is 6.68. The molecule has 7 heteroatoms. The Kier molecular flexibility index (Phi) is 4.90. The van der Waals surface area contributed by atoms with Gasteiger partial charge in [-0.1, -0.05) is 23.2 Å². The van der Waals surface area contributed by atoms with Crippen LogP contribution in [0.2, 0.25) is 10.0 Å². The van der Waals surface area contributed by atoms with Gasteiger partial charge >= 0.3 is 0 Å². The summed E-state index contributed by atoms with van der Waals surface area (Å²) in [4.78, 5) is 15.8. The first-order chi connectivity index (χ1) is 10.4. The molecule has 3 N–H and O–H groups in total. The van der Waals surface area contributed by atoms with E-state index in [1.807, 2.05) is 0 Å². The van der Waals surface area contributed by atoms with Crippen LogP contribution in [0.4, 0.5) is 0 Å². The molecule has 0 aliphatic rings. The van der Waals surface area contributed by atoms with Crippen molar-refractivity contribution < 1.29 is 20.1 Å². The highest BCUT2D eigenvalue weighted by Crippen LogP contribution is 2.28. The number of hydrogen-bond donors (Lipinski definition) is 3. The molecule has 0 bridgehead atoms. The van der Waals surface area contributed by atoms with E-state index in [2.05, 4.69) is 4.99 Å². The molecule has 0 unspecified atom stereocenters. The molecule has 0 aliphatic heterocycles. The molecular formula is C15H11Cl2NO4. The second-order valence-corrected chi connectivity index (χ2v) is 5.26. The van der Waals surface area contributed by atoms with Crippen molar-refractivity contribution in [3.8, 4) is 17.2 Å². The number of phenols is 3. The summed E-state index contributed by atoms with van der Waals surface area (Å²) in [6.07, 6.45) is 1.27. The monoisotopic (exact) mass is 339 g/mol. The van der Waals surface area contributed by atoms with Gasteiger partial charge in [-0.2, -0.15) is 0 Å². The molecule has 0 fully saturated rings. The molecule has 0 saturated heterocycles. The maximum absolute atomic E-state index is 11.9. The van der Waals surface area contributed by atoms with Crippen LogP contribution in [0.5, 0.6) is 17.2 Å². The van der Waals surface area contributed by atoms with E-state index < -0.39 is 0 Å². The highest BCUT2D eigenvalue weighted by Gasteiger charge is 2.09. The molecule has 0 aliphatic carbocycles. The lowest BCUT2D eigenvalue weighted by Gasteiger charge is -2.03. The second-order valence-electron chi connectivity index (χ2n) is 4.42. The van der Waals surface area contributed by atoms with Crippen LogP contribution in [0.3, 0.4) is 0 Å². The van der Waals surface area contributed by atoms with Gasteiger partial charge in [0.05, 0.1) is 10.6 Å². The summed E-state index contributed by atoms with van der Waals surface area (Å²) in [5.41, 5.74) is 0.464. The van der Waals surface area contributed by atoms with Crippen LogP contribution in [0, 0.1) is 0 Å². The first-order valence-corrected chi connectivity index (χ1v) is 6.87. The number of carbonyl (C=O) groups is 1. The summed E-state index contributed by atoms with van der Waals surface area (Å²) in [7, 11) is 0. The summed E-state index contributed by atoms with van der Waals surface area (Å²) in [5.74, 6) is -1.20. The van der Waals surface area contributed by atoms with E-state index in [9.17, 15) is 20.1 Å². The van der Waals surface area contributed by atoms with Crippen molar-refractivity contribution in [2.45, 2.75) is 0 Å². The third kappa shape index (κ3) is 3.69. The van der Waals surface area contributed by atoms with Crippen LogP contribution in [0.1, 0.15) is 15.9 Å². The molecule has 0 amide bonds. The molecule has 0 aromatic heterocycles. The average Bonchev–Trinajstić information content (AvgIpc) is 2.44. The quantitative estimate of drug-likeness (QED) is 0.452. The smallest absolute Gasteiger partial charge is 0.184 e. The van der Waals surface area contributed by atoms with Crippen LogP contribution < -0.4 is 0 Å². The highest BCUT2D eigenvalue weighted by molar-refractivity contribution is 6.36. The van der Waals surface area contributed by atoms with E-state index in [0.29, 0.717) is 0 Å². The van der Waals surface area contributed by atoms with Crippen LogP contribution in [0.25, 0.3) is 0 Å². The number of benzene rings is 2. The molecule has 2 rings (SSSR count). The number of aromatic hydroxyl groups is 3. The van der Waals surface area contributed by atoms with Crippen molar-refractivity contribution in [3.63, 3.8) is 0 Å². The summed E-state index contributed by atoms with van der Waals surface area (Å²) in [5, 5.41) is 28.8. The standard InChI is InChI=1S/C15H11Cl2NO4/c16-9-4-11(17)10(13(20)5-9)6-18-7-15(22)8-1-2-12(19)14(21)3-8/h1-6,19-21H,7H2. The van der Waals surface area contributed by atoms with Crippen LogP contribution in [0.15, 0.2) is 35.3 Å². The minimum Gasteiger partial charge on any atom is -0.507 e. The fourth-order valence-electron chi connectivity index (χ4n) is 1.71. The number of carbonyl (C=O) groups excluding carboxylic acids is 1. The van der Waals surface area contributed by atoms with Gasteiger partial charge in [0, 0.05) is 16.8 Å². The number of halogens is 2. The van der Waals surface area contributed by atoms with Crippen molar-refractivity contribution in [2.24, 2.45) is 4.99 Å². The van der Waals surface area contributed by atoms with Gasteiger partial charge in [0.2, 0.25) is 0 Å². The minimum absolute atomic E-state index is 0.143. The van der Waals surface area contributed by atoms with Gasteiger partial charge in [0.1, 0.15) is 12.3 Å². The summed E-state index contributed by atoms with van der Waals surface area (Å²) in [6, 6.07) is 6.51. The average molecular weight is 340 g/mol. The first kappa shape index (κ1) is 16.1. The third-order valence-corrected chi connectivity index (χ3v) is 3.36.